The van der Waals surface area contributed by atoms with E-state index in [1.54, 1.807) is 42.5 Å². The number of fused-ring (bicyclic) bond motifs is 1. The highest BCUT2D eigenvalue weighted by molar-refractivity contribution is 9.10. The van der Waals surface area contributed by atoms with Crippen molar-refractivity contribution in [2.24, 2.45) is 0 Å². The number of ketones is 1. The van der Waals surface area contributed by atoms with Gasteiger partial charge in [-0.25, -0.2) is 0 Å². The molecule has 0 unspecified atom stereocenters. The molecule has 0 radical (unpaired) electrons. The van der Waals surface area contributed by atoms with Crippen LogP contribution >= 0.6 is 39.1 Å². The summed E-state index contributed by atoms with van der Waals surface area (Å²) in [5, 5.41) is 1.89. The second-order valence-electron chi connectivity index (χ2n) is 4.25. The number of furan rings is 1. The lowest BCUT2D eigenvalue weighted by Gasteiger charge is -2.01. The Morgan fingerprint density at radius 1 is 1.00 bits per heavy atom. The van der Waals surface area contributed by atoms with E-state index in [2.05, 4.69) is 15.9 Å². The number of hydrogen-bond donors (Lipinski definition) is 0. The quantitative estimate of drug-likeness (QED) is 0.539. The molecule has 0 bridgehead atoms. The first-order valence-electron chi connectivity index (χ1n) is 5.73. The SMILES string of the molecule is O=C(c1cc2cc(Cl)ccc2o1)c1cc(Cl)ccc1Br. The molecule has 2 aromatic carbocycles. The van der Waals surface area contributed by atoms with Gasteiger partial charge < -0.3 is 4.42 Å². The Hall–Kier alpha value is -1.29. The van der Waals surface area contributed by atoms with Crippen LogP contribution in [-0.4, -0.2) is 5.78 Å². The highest BCUT2D eigenvalue weighted by atomic mass is 79.9. The minimum absolute atomic E-state index is 0.230. The maximum Gasteiger partial charge on any atom is 0.229 e. The summed E-state index contributed by atoms with van der Waals surface area (Å²) in [4.78, 5) is 12.5. The van der Waals surface area contributed by atoms with Crippen LogP contribution in [0.15, 0.2) is 51.4 Å². The number of halogens is 3. The summed E-state index contributed by atoms with van der Waals surface area (Å²) < 4.78 is 6.23. The molecule has 0 atom stereocenters. The maximum absolute atomic E-state index is 12.5. The Kier molecular flexibility index (Phi) is 3.59. The first-order chi connectivity index (χ1) is 9.54. The molecule has 0 fully saturated rings. The molecular formula is C15H7BrCl2O2. The molecule has 3 aromatic rings. The average Bonchev–Trinajstić information content (AvgIpc) is 2.83. The molecule has 0 amide bonds. The number of carbonyl (C=O) groups excluding carboxylic acids is 1. The van der Waals surface area contributed by atoms with Crippen molar-refractivity contribution in [2.75, 3.05) is 0 Å². The normalized spacial score (nSPS) is 10.9. The first kappa shape index (κ1) is 13.7. The van der Waals surface area contributed by atoms with E-state index in [-0.39, 0.29) is 11.5 Å². The van der Waals surface area contributed by atoms with Gasteiger partial charge in [0.05, 0.1) is 0 Å². The molecule has 3 rings (SSSR count). The van der Waals surface area contributed by atoms with Gasteiger partial charge in [-0.3, -0.25) is 4.79 Å². The van der Waals surface area contributed by atoms with E-state index in [1.807, 2.05) is 0 Å². The second-order valence-corrected chi connectivity index (χ2v) is 5.97. The molecule has 2 nitrogen and oxygen atoms in total. The Bertz CT molecular complexity index is 824. The standard InChI is InChI=1S/C15H7BrCl2O2/c16-12-3-1-10(18)7-11(12)15(19)14-6-8-5-9(17)2-4-13(8)20-14/h1-7H. The van der Waals surface area contributed by atoms with E-state index < -0.39 is 0 Å². The molecule has 1 aromatic heterocycles. The van der Waals surface area contributed by atoms with E-state index in [4.69, 9.17) is 27.6 Å². The van der Waals surface area contributed by atoms with Gasteiger partial charge in [-0.05, 0) is 42.5 Å². The fraction of sp³-hybridized carbons (Fsp3) is 0. The van der Waals surface area contributed by atoms with Gasteiger partial charge in [0.2, 0.25) is 5.78 Å². The Labute approximate surface area is 133 Å². The van der Waals surface area contributed by atoms with Crippen molar-refractivity contribution in [3.8, 4) is 0 Å². The minimum Gasteiger partial charge on any atom is -0.453 e. The van der Waals surface area contributed by atoms with E-state index in [1.165, 1.54) is 0 Å². The van der Waals surface area contributed by atoms with Gasteiger partial charge in [0.1, 0.15) is 5.58 Å². The molecule has 1 heterocycles. The number of carbonyl (C=O) groups is 1. The summed E-state index contributed by atoms with van der Waals surface area (Å²) in [6, 6.07) is 11.9. The molecule has 0 aliphatic carbocycles. The smallest absolute Gasteiger partial charge is 0.229 e. The maximum atomic E-state index is 12.5. The Morgan fingerprint density at radius 2 is 1.70 bits per heavy atom. The van der Waals surface area contributed by atoms with Crippen molar-refractivity contribution in [1.29, 1.82) is 0 Å². The predicted molar refractivity (Wildman–Crippen MR) is 83.8 cm³/mol. The zero-order valence-corrected chi connectivity index (χ0v) is 13.1. The summed E-state index contributed by atoms with van der Waals surface area (Å²) in [5.74, 6) is 0.0249. The van der Waals surface area contributed by atoms with Gasteiger partial charge in [-0.1, -0.05) is 39.1 Å². The lowest BCUT2D eigenvalue weighted by Crippen LogP contribution is -2.00. The summed E-state index contributed by atoms with van der Waals surface area (Å²) in [7, 11) is 0. The van der Waals surface area contributed by atoms with Crippen molar-refractivity contribution in [3.05, 3.63) is 68.3 Å². The Balaban J connectivity index is 2.10. The van der Waals surface area contributed by atoms with E-state index >= 15 is 0 Å². The molecule has 0 saturated carbocycles. The van der Waals surface area contributed by atoms with Gasteiger partial charge in [0.25, 0.3) is 0 Å². The Morgan fingerprint density at radius 3 is 2.50 bits per heavy atom. The van der Waals surface area contributed by atoms with Crippen LogP contribution in [0.25, 0.3) is 11.0 Å². The van der Waals surface area contributed by atoms with Crippen LogP contribution < -0.4 is 0 Å². The van der Waals surface area contributed by atoms with Crippen LogP contribution in [0.5, 0.6) is 0 Å². The topological polar surface area (TPSA) is 30.2 Å². The third-order valence-corrected chi connectivity index (χ3v) is 4.04. The van der Waals surface area contributed by atoms with Crippen LogP contribution in [0.4, 0.5) is 0 Å². The summed E-state index contributed by atoms with van der Waals surface area (Å²) in [6.07, 6.45) is 0. The highest BCUT2D eigenvalue weighted by Crippen LogP contribution is 2.28. The minimum atomic E-state index is -0.230. The molecule has 0 N–H and O–H groups in total. The molecule has 5 heteroatoms. The van der Waals surface area contributed by atoms with E-state index in [0.29, 0.717) is 25.7 Å². The van der Waals surface area contributed by atoms with Crippen LogP contribution in [0.3, 0.4) is 0 Å². The van der Waals surface area contributed by atoms with Crippen molar-refractivity contribution in [3.63, 3.8) is 0 Å². The number of benzene rings is 2. The highest BCUT2D eigenvalue weighted by Gasteiger charge is 2.17. The zero-order chi connectivity index (χ0) is 14.3. The van der Waals surface area contributed by atoms with Gasteiger partial charge in [-0.2, -0.15) is 0 Å². The van der Waals surface area contributed by atoms with Gasteiger partial charge in [-0.15, -0.1) is 0 Å². The molecule has 0 saturated heterocycles. The lowest BCUT2D eigenvalue weighted by atomic mass is 10.1. The fourth-order valence-electron chi connectivity index (χ4n) is 1.93. The zero-order valence-electron chi connectivity index (χ0n) is 9.99. The third kappa shape index (κ3) is 2.49. The average molecular weight is 370 g/mol. The van der Waals surface area contributed by atoms with Crippen LogP contribution in [0.2, 0.25) is 10.0 Å². The lowest BCUT2D eigenvalue weighted by molar-refractivity contribution is 0.101. The van der Waals surface area contributed by atoms with Crippen LogP contribution in [0.1, 0.15) is 16.1 Å². The van der Waals surface area contributed by atoms with E-state index in [0.717, 1.165) is 5.39 Å². The molecule has 20 heavy (non-hydrogen) atoms. The molecular weight excluding hydrogens is 363 g/mol. The van der Waals surface area contributed by atoms with Crippen LogP contribution in [-0.2, 0) is 0 Å². The van der Waals surface area contributed by atoms with Gasteiger partial charge in [0.15, 0.2) is 5.76 Å². The van der Waals surface area contributed by atoms with Crippen molar-refractivity contribution >= 4 is 55.9 Å². The van der Waals surface area contributed by atoms with Crippen molar-refractivity contribution in [2.45, 2.75) is 0 Å². The number of rotatable bonds is 2. The molecule has 100 valence electrons. The monoisotopic (exact) mass is 368 g/mol. The largest absolute Gasteiger partial charge is 0.453 e. The first-order valence-corrected chi connectivity index (χ1v) is 7.28. The third-order valence-electron chi connectivity index (χ3n) is 2.88. The summed E-state index contributed by atoms with van der Waals surface area (Å²) >= 11 is 15.2. The fourth-order valence-corrected chi connectivity index (χ4v) is 2.71. The van der Waals surface area contributed by atoms with E-state index in [9.17, 15) is 4.79 Å². The van der Waals surface area contributed by atoms with Crippen LogP contribution in [0, 0.1) is 0 Å². The molecule has 0 spiro atoms. The molecule has 0 aliphatic heterocycles. The van der Waals surface area contributed by atoms with Crippen molar-refractivity contribution < 1.29 is 9.21 Å². The summed E-state index contributed by atoms with van der Waals surface area (Å²) in [5.41, 5.74) is 1.08. The van der Waals surface area contributed by atoms with Gasteiger partial charge >= 0.3 is 0 Å². The molecule has 0 aliphatic rings. The van der Waals surface area contributed by atoms with Crippen molar-refractivity contribution in [1.82, 2.24) is 0 Å². The van der Waals surface area contributed by atoms with Gasteiger partial charge in [0, 0.05) is 25.5 Å². The number of hydrogen-bond acceptors (Lipinski definition) is 2. The summed E-state index contributed by atoms with van der Waals surface area (Å²) in [6.45, 7) is 0. The second kappa shape index (κ2) is 5.24. The predicted octanol–water partition coefficient (Wildman–Crippen LogP) is 5.73.